The molecule has 1 amide bonds. The molecule has 0 spiro atoms. The van der Waals surface area contributed by atoms with Gasteiger partial charge in [-0.3, -0.25) is 9.78 Å². The number of aromatic nitrogens is 1. The Bertz CT molecular complexity index is 1050. The summed E-state index contributed by atoms with van der Waals surface area (Å²) in [5.41, 5.74) is 5.91. The number of pyridine rings is 1. The fourth-order valence-corrected chi connectivity index (χ4v) is 3.64. The van der Waals surface area contributed by atoms with Crippen LogP contribution in [0.5, 0.6) is 11.5 Å². The van der Waals surface area contributed by atoms with Gasteiger partial charge in [0.05, 0.1) is 24.6 Å². The second kappa shape index (κ2) is 8.75. The summed E-state index contributed by atoms with van der Waals surface area (Å²) in [5, 5.41) is 15.0. The molecule has 144 valence electrons. The molecule has 0 unspecified atom stereocenters. The zero-order valence-corrected chi connectivity index (χ0v) is 16.7. The van der Waals surface area contributed by atoms with Crippen molar-refractivity contribution in [2.45, 2.75) is 18.7 Å². The number of ether oxygens (including phenoxy) is 1. The molecule has 3 aromatic rings. The topological polar surface area (TPSA) is 83.8 Å². The molecule has 3 rings (SSSR count). The van der Waals surface area contributed by atoms with Gasteiger partial charge in [0.15, 0.2) is 11.5 Å². The quantitative estimate of drug-likeness (QED) is 0.377. The van der Waals surface area contributed by atoms with Crippen molar-refractivity contribution in [3.8, 4) is 11.5 Å². The Hall–Kier alpha value is -3.06. The van der Waals surface area contributed by atoms with Crippen molar-refractivity contribution in [3.05, 3.63) is 59.3 Å². The highest BCUT2D eigenvalue weighted by molar-refractivity contribution is 8.00. The van der Waals surface area contributed by atoms with Crippen molar-refractivity contribution in [1.29, 1.82) is 0 Å². The van der Waals surface area contributed by atoms with Crippen LogP contribution in [0.2, 0.25) is 0 Å². The third-order valence-corrected chi connectivity index (χ3v) is 5.11. The van der Waals surface area contributed by atoms with Gasteiger partial charge in [-0.05, 0) is 44.2 Å². The number of hydrazone groups is 1. The summed E-state index contributed by atoms with van der Waals surface area (Å²) >= 11 is 1.44. The molecule has 0 saturated carbocycles. The number of hydrogen-bond acceptors (Lipinski definition) is 6. The predicted octanol–water partition coefficient (Wildman–Crippen LogP) is 3.81. The number of benzene rings is 2. The van der Waals surface area contributed by atoms with Gasteiger partial charge in [0.1, 0.15) is 0 Å². The Morgan fingerprint density at radius 3 is 2.89 bits per heavy atom. The Kier molecular flexibility index (Phi) is 6.16. The number of para-hydroxylation sites is 1. The van der Waals surface area contributed by atoms with Crippen LogP contribution in [0.1, 0.15) is 16.8 Å². The number of nitrogens with one attached hydrogen (secondary N) is 1. The van der Waals surface area contributed by atoms with E-state index in [2.05, 4.69) is 21.6 Å². The smallest absolute Gasteiger partial charge is 0.250 e. The van der Waals surface area contributed by atoms with E-state index < -0.39 is 0 Å². The average Bonchev–Trinajstić information content (AvgIpc) is 2.68. The first-order valence-electron chi connectivity index (χ1n) is 8.66. The molecule has 6 nitrogen and oxygen atoms in total. The van der Waals surface area contributed by atoms with Crippen LogP contribution in [-0.4, -0.2) is 35.1 Å². The predicted molar refractivity (Wildman–Crippen MR) is 112 cm³/mol. The number of rotatable bonds is 6. The maximum absolute atomic E-state index is 12.2. The van der Waals surface area contributed by atoms with E-state index in [9.17, 15) is 9.90 Å². The summed E-state index contributed by atoms with van der Waals surface area (Å²) in [6.45, 7) is 3.97. The van der Waals surface area contributed by atoms with Gasteiger partial charge >= 0.3 is 0 Å². The summed E-state index contributed by atoms with van der Waals surface area (Å²) < 4.78 is 5.05. The lowest BCUT2D eigenvalue weighted by molar-refractivity contribution is -0.118. The van der Waals surface area contributed by atoms with Crippen LogP contribution in [0.15, 0.2) is 52.5 Å². The number of thioether (sulfide) groups is 1. The van der Waals surface area contributed by atoms with Crippen molar-refractivity contribution in [2.24, 2.45) is 5.10 Å². The minimum atomic E-state index is -0.237. The molecule has 0 saturated heterocycles. The van der Waals surface area contributed by atoms with Gasteiger partial charge in [-0.15, -0.1) is 11.8 Å². The average molecular weight is 395 g/mol. The number of nitrogens with zero attached hydrogens (tertiary/aromatic N) is 2. The first kappa shape index (κ1) is 19.7. The van der Waals surface area contributed by atoms with Crippen molar-refractivity contribution in [1.82, 2.24) is 10.4 Å². The first-order valence-corrected chi connectivity index (χ1v) is 9.65. The van der Waals surface area contributed by atoms with Crippen molar-refractivity contribution >= 4 is 34.8 Å². The molecule has 0 radical (unpaired) electrons. The number of aryl methyl sites for hydroxylation is 2. The van der Waals surface area contributed by atoms with E-state index in [4.69, 9.17) is 4.74 Å². The van der Waals surface area contributed by atoms with E-state index >= 15 is 0 Å². The first-order chi connectivity index (χ1) is 13.5. The summed E-state index contributed by atoms with van der Waals surface area (Å²) in [5.74, 6) is 0.305. The lowest BCUT2D eigenvalue weighted by Crippen LogP contribution is -2.19. The van der Waals surface area contributed by atoms with Crippen LogP contribution in [0.4, 0.5) is 0 Å². The number of hydrogen-bond donors (Lipinski definition) is 2. The lowest BCUT2D eigenvalue weighted by Gasteiger charge is -2.08. The molecule has 0 aliphatic heterocycles. The minimum Gasteiger partial charge on any atom is -0.504 e. The standard InChI is InChI=1S/C21H21N3O3S/c1-13-7-8-17-16(9-13)19(10-14(2)23-17)28-12-20(25)24-22-11-15-5-4-6-18(27-3)21(15)26/h4-11,26H,12H2,1-3H3,(H,24,25). The van der Waals surface area contributed by atoms with Gasteiger partial charge < -0.3 is 9.84 Å². The molecule has 0 fully saturated rings. The van der Waals surface area contributed by atoms with E-state index in [-0.39, 0.29) is 17.4 Å². The highest BCUT2D eigenvalue weighted by Crippen LogP contribution is 2.29. The van der Waals surface area contributed by atoms with Crippen LogP contribution in [0.25, 0.3) is 10.9 Å². The van der Waals surface area contributed by atoms with Crippen LogP contribution in [-0.2, 0) is 4.79 Å². The molecule has 0 bridgehead atoms. The number of carbonyl (C=O) groups excluding carboxylic acids is 1. The number of aromatic hydroxyl groups is 1. The molecule has 28 heavy (non-hydrogen) atoms. The van der Waals surface area contributed by atoms with Crippen LogP contribution in [0.3, 0.4) is 0 Å². The number of amides is 1. The molecule has 1 heterocycles. The third kappa shape index (κ3) is 4.61. The number of carbonyl (C=O) groups is 1. The van der Waals surface area contributed by atoms with Gasteiger partial charge in [-0.25, -0.2) is 5.43 Å². The van der Waals surface area contributed by atoms with Crippen molar-refractivity contribution < 1.29 is 14.6 Å². The highest BCUT2D eigenvalue weighted by atomic mass is 32.2. The van der Waals surface area contributed by atoms with Gasteiger partial charge in [0, 0.05) is 21.5 Å². The van der Waals surface area contributed by atoms with E-state index in [0.717, 1.165) is 27.1 Å². The molecule has 1 aromatic heterocycles. The normalized spacial score (nSPS) is 11.1. The van der Waals surface area contributed by atoms with Gasteiger partial charge in [0.25, 0.3) is 0 Å². The Morgan fingerprint density at radius 1 is 1.29 bits per heavy atom. The second-order valence-corrected chi connectivity index (χ2v) is 7.28. The van der Waals surface area contributed by atoms with E-state index in [1.807, 2.05) is 32.0 Å². The molecule has 0 aliphatic rings. The third-order valence-electron chi connectivity index (χ3n) is 4.06. The van der Waals surface area contributed by atoms with E-state index in [0.29, 0.717) is 11.3 Å². The Balaban J connectivity index is 1.65. The monoisotopic (exact) mass is 395 g/mol. The molecule has 2 N–H and O–H groups in total. The number of phenols is 1. The molecule has 7 heteroatoms. The molecular formula is C21H21N3O3S. The van der Waals surface area contributed by atoms with Gasteiger partial charge in [-0.1, -0.05) is 17.7 Å². The summed E-state index contributed by atoms with van der Waals surface area (Å²) in [7, 11) is 1.47. The zero-order valence-electron chi connectivity index (χ0n) is 15.9. The zero-order chi connectivity index (χ0) is 20.1. The number of fused-ring (bicyclic) bond motifs is 1. The lowest BCUT2D eigenvalue weighted by atomic mass is 10.1. The van der Waals surface area contributed by atoms with Crippen LogP contribution < -0.4 is 10.2 Å². The van der Waals surface area contributed by atoms with Crippen molar-refractivity contribution in [2.75, 3.05) is 12.9 Å². The molecule has 0 aliphatic carbocycles. The Labute approximate surface area is 167 Å². The fraction of sp³-hybridized carbons (Fsp3) is 0.190. The fourth-order valence-electron chi connectivity index (χ4n) is 2.71. The number of methoxy groups -OCH3 is 1. The maximum atomic E-state index is 12.2. The molecule has 2 aromatic carbocycles. The summed E-state index contributed by atoms with van der Waals surface area (Å²) in [6, 6.07) is 13.1. The summed E-state index contributed by atoms with van der Waals surface area (Å²) in [4.78, 5) is 17.7. The summed E-state index contributed by atoms with van der Waals surface area (Å²) in [6.07, 6.45) is 1.38. The Morgan fingerprint density at radius 2 is 2.11 bits per heavy atom. The maximum Gasteiger partial charge on any atom is 0.250 e. The number of phenolic OH excluding ortho intramolecular Hbond substituents is 1. The van der Waals surface area contributed by atoms with Gasteiger partial charge in [0.2, 0.25) is 5.91 Å². The van der Waals surface area contributed by atoms with Gasteiger partial charge in [-0.2, -0.15) is 5.10 Å². The van der Waals surface area contributed by atoms with E-state index in [1.54, 1.807) is 18.2 Å². The van der Waals surface area contributed by atoms with Crippen LogP contribution >= 0.6 is 11.8 Å². The highest BCUT2D eigenvalue weighted by Gasteiger charge is 2.09. The molecule has 0 atom stereocenters. The van der Waals surface area contributed by atoms with Crippen LogP contribution in [0, 0.1) is 13.8 Å². The molecular weight excluding hydrogens is 374 g/mol. The SMILES string of the molecule is COc1cccc(C=NNC(=O)CSc2cc(C)nc3ccc(C)cc23)c1O. The second-order valence-electron chi connectivity index (χ2n) is 6.26. The van der Waals surface area contributed by atoms with E-state index in [1.165, 1.54) is 25.1 Å². The largest absolute Gasteiger partial charge is 0.504 e. The van der Waals surface area contributed by atoms with Crippen molar-refractivity contribution in [3.63, 3.8) is 0 Å². The minimum absolute atomic E-state index is 0.0218.